The van der Waals surface area contributed by atoms with Gasteiger partial charge in [0.2, 0.25) is 5.28 Å². The Bertz CT molecular complexity index is 394. The molecule has 1 aromatic heterocycles. The van der Waals surface area contributed by atoms with Crippen LogP contribution in [-0.2, 0) is 0 Å². The fourth-order valence-electron chi connectivity index (χ4n) is 1.48. The molecule has 0 radical (unpaired) electrons. The number of halogens is 1. The third kappa shape index (κ3) is 4.31. The standard InChI is InChI=1S/C12H22ClN5/c1-8(2)18(4)7-5-6-15-11-10(14)9(3)16-12(13)17-11/h8H,5-7,14H2,1-4H3,(H,15,16,17). The average Bonchev–Trinajstić information content (AvgIpc) is 2.29. The lowest BCUT2D eigenvalue weighted by molar-refractivity contribution is 0.273. The van der Waals surface area contributed by atoms with Crippen molar-refractivity contribution in [2.24, 2.45) is 0 Å². The number of anilines is 2. The van der Waals surface area contributed by atoms with Gasteiger partial charge in [-0.05, 0) is 52.4 Å². The van der Waals surface area contributed by atoms with E-state index in [1.54, 1.807) is 0 Å². The molecule has 3 N–H and O–H groups in total. The van der Waals surface area contributed by atoms with Crippen LogP contribution in [0.25, 0.3) is 0 Å². The summed E-state index contributed by atoms with van der Waals surface area (Å²) >= 11 is 5.80. The second-order valence-electron chi connectivity index (χ2n) is 4.70. The first kappa shape index (κ1) is 15.0. The highest BCUT2D eigenvalue weighted by molar-refractivity contribution is 6.28. The molecule has 0 saturated carbocycles. The van der Waals surface area contributed by atoms with Gasteiger partial charge in [0.15, 0.2) is 5.82 Å². The molecule has 0 amide bonds. The molecule has 102 valence electrons. The monoisotopic (exact) mass is 271 g/mol. The summed E-state index contributed by atoms with van der Waals surface area (Å²) in [6.07, 6.45) is 1.02. The third-order valence-electron chi connectivity index (χ3n) is 2.97. The molecule has 0 aliphatic carbocycles. The van der Waals surface area contributed by atoms with Crippen molar-refractivity contribution >= 4 is 23.1 Å². The van der Waals surface area contributed by atoms with Crippen LogP contribution < -0.4 is 11.1 Å². The lowest BCUT2D eigenvalue weighted by Crippen LogP contribution is -2.28. The molecule has 1 aromatic rings. The molecule has 0 unspecified atom stereocenters. The Morgan fingerprint density at radius 2 is 2.06 bits per heavy atom. The van der Waals surface area contributed by atoms with E-state index in [-0.39, 0.29) is 5.28 Å². The van der Waals surface area contributed by atoms with E-state index in [0.29, 0.717) is 23.2 Å². The maximum Gasteiger partial charge on any atom is 0.224 e. The average molecular weight is 272 g/mol. The summed E-state index contributed by atoms with van der Waals surface area (Å²) in [5.74, 6) is 0.625. The van der Waals surface area contributed by atoms with Crippen LogP contribution in [-0.4, -0.2) is 41.0 Å². The number of rotatable bonds is 6. The van der Waals surface area contributed by atoms with E-state index in [1.165, 1.54) is 0 Å². The Morgan fingerprint density at radius 1 is 1.39 bits per heavy atom. The van der Waals surface area contributed by atoms with Crippen LogP contribution in [0.5, 0.6) is 0 Å². The van der Waals surface area contributed by atoms with Crippen LogP contribution in [0.3, 0.4) is 0 Å². The van der Waals surface area contributed by atoms with Crippen LogP contribution in [0, 0.1) is 6.92 Å². The van der Waals surface area contributed by atoms with Crippen LogP contribution in [0.4, 0.5) is 11.5 Å². The van der Waals surface area contributed by atoms with E-state index in [4.69, 9.17) is 17.3 Å². The van der Waals surface area contributed by atoms with Gasteiger partial charge in [0.25, 0.3) is 0 Å². The van der Waals surface area contributed by atoms with Crippen molar-refractivity contribution in [3.8, 4) is 0 Å². The zero-order valence-corrected chi connectivity index (χ0v) is 12.3. The number of nitrogen functional groups attached to an aromatic ring is 1. The third-order valence-corrected chi connectivity index (χ3v) is 3.14. The van der Waals surface area contributed by atoms with Crippen molar-refractivity contribution in [1.82, 2.24) is 14.9 Å². The molecule has 0 aromatic carbocycles. The molecule has 0 atom stereocenters. The van der Waals surface area contributed by atoms with Crippen LogP contribution in [0.15, 0.2) is 0 Å². The van der Waals surface area contributed by atoms with Gasteiger partial charge < -0.3 is 16.0 Å². The molecule has 0 aliphatic rings. The van der Waals surface area contributed by atoms with Gasteiger partial charge in [-0.25, -0.2) is 4.98 Å². The number of nitrogens with two attached hydrogens (primary N) is 1. The quantitative estimate of drug-likeness (QED) is 0.613. The molecular formula is C12H22ClN5. The SMILES string of the molecule is Cc1nc(Cl)nc(NCCCN(C)C(C)C)c1N. The Hall–Kier alpha value is -1.07. The first-order valence-electron chi connectivity index (χ1n) is 6.15. The van der Waals surface area contributed by atoms with Gasteiger partial charge in [-0.2, -0.15) is 4.98 Å². The largest absolute Gasteiger partial charge is 0.394 e. The minimum atomic E-state index is 0.225. The number of hydrogen-bond acceptors (Lipinski definition) is 5. The number of aryl methyl sites for hydroxylation is 1. The molecule has 5 nitrogen and oxygen atoms in total. The topological polar surface area (TPSA) is 67.1 Å². The van der Waals surface area contributed by atoms with E-state index in [9.17, 15) is 0 Å². The molecular weight excluding hydrogens is 250 g/mol. The molecule has 0 spiro atoms. The molecule has 0 fully saturated rings. The van der Waals surface area contributed by atoms with Crippen LogP contribution in [0.1, 0.15) is 26.0 Å². The Balaban J connectivity index is 2.45. The summed E-state index contributed by atoms with van der Waals surface area (Å²) < 4.78 is 0. The summed E-state index contributed by atoms with van der Waals surface area (Å²) in [7, 11) is 2.12. The van der Waals surface area contributed by atoms with Gasteiger partial charge >= 0.3 is 0 Å². The number of nitrogens with one attached hydrogen (secondary N) is 1. The van der Waals surface area contributed by atoms with Gasteiger partial charge in [-0.15, -0.1) is 0 Å². The van der Waals surface area contributed by atoms with Gasteiger partial charge in [0.05, 0.1) is 11.4 Å². The summed E-state index contributed by atoms with van der Waals surface area (Å²) in [6.45, 7) is 8.02. The minimum Gasteiger partial charge on any atom is -0.394 e. The second-order valence-corrected chi connectivity index (χ2v) is 5.03. The molecule has 18 heavy (non-hydrogen) atoms. The van der Waals surface area contributed by atoms with Crippen molar-refractivity contribution in [3.63, 3.8) is 0 Å². The highest BCUT2D eigenvalue weighted by Crippen LogP contribution is 2.20. The number of aromatic nitrogens is 2. The van der Waals surface area contributed by atoms with E-state index < -0.39 is 0 Å². The van der Waals surface area contributed by atoms with Gasteiger partial charge in [0.1, 0.15) is 0 Å². The van der Waals surface area contributed by atoms with E-state index in [1.807, 2.05) is 6.92 Å². The van der Waals surface area contributed by atoms with Gasteiger partial charge in [-0.3, -0.25) is 0 Å². The summed E-state index contributed by atoms with van der Waals surface area (Å²) in [4.78, 5) is 10.4. The Labute approximate surface area is 114 Å². The maximum absolute atomic E-state index is 5.89. The normalized spacial score (nSPS) is 11.3. The smallest absolute Gasteiger partial charge is 0.224 e. The number of nitrogens with zero attached hydrogens (tertiary/aromatic N) is 3. The van der Waals surface area contributed by atoms with Crippen LogP contribution >= 0.6 is 11.6 Å². The van der Waals surface area contributed by atoms with Crippen molar-refractivity contribution in [2.75, 3.05) is 31.2 Å². The molecule has 6 heteroatoms. The second kappa shape index (κ2) is 6.75. The first-order chi connectivity index (χ1) is 8.41. The summed E-state index contributed by atoms with van der Waals surface area (Å²) in [5.41, 5.74) is 7.16. The fourth-order valence-corrected chi connectivity index (χ4v) is 1.69. The van der Waals surface area contributed by atoms with Crippen molar-refractivity contribution in [2.45, 2.75) is 33.2 Å². The minimum absolute atomic E-state index is 0.225. The van der Waals surface area contributed by atoms with Crippen molar-refractivity contribution in [1.29, 1.82) is 0 Å². The maximum atomic E-state index is 5.89. The van der Waals surface area contributed by atoms with Crippen molar-refractivity contribution < 1.29 is 0 Å². The lowest BCUT2D eigenvalue weighted by atomic mass is 10.3. The van der Waals surface area contributed by atoms with Crippen molar-refractivity contribution in [3.05, 3.63) is 11.0 Å². The predicted octanol–water partition coefficient (Wildman–Crippen LogP) is 2.16. The Morgan fingerprint density at radius 3 is 2.67 bits per heavy atom. The van der Waals surface area contributed by atoms with E-state index >= 15 is 0 Å². The zero-order valence-electron chi connectivity index (χ0n) is 11.5. The lowest BCUT2D eigenvalue weighted by Gasteiger charge is -2.20. The molecule has 1 heterocycles. The van der Waals surface area contributed by atoms with E-state index in [0.717, 1.165) is 19.5 Å². The summed E-state index contributed by atoms with van der Waals surface area (Å²) in [6, 6.07) is 0.561. The van der Waals surface area contributed by atoms with Gasteiger partial charge in [0, 0.05) is 12.6 Å². The highest BCUT2D eigenvalue weighted by atomic mass is 35.5. The predicted molar refractivity (Wildman–Crippen MR) is 77.1 cm³/mol. The molecule has 0 bridgehead atoms. The van der Waals surface area contributed by atoms with E-state index in [2.05, 4.69) is 41.1 Å². The first-order valence-corrected chi connectivity index (χ1v) is 6.53. The molecule has 0 saturated heterocycles. The molecule has 1 rings (SSSR count). The van der Waals surface area contributed by atoms with Gasteiger partial charge in [-0.1, -0.05) is 0 Å². The fraction of sp³-hybridized carbons (Fsp3) is 0.667. The number of hydrogen-bond donors (Lipinski definition) is 2. The van der Waals surface area contributed by atoms with Crippen LogP contribution in [0.2, 0.25) is 5.28 Å². The summed E-state index contributed by atoms with van der Waals surface area (Å²) in [5, 5.41) is 3.43. The molecule has 0 aliphatic heterocycles. The highest BCUT2D eigenvalue weighted by Gasteiger charge is 2.07. The Kier molecular flexibility index (Phi) is 5.62. The zero-order chi connectivity index (χ0) is 13.7.